The number of rotatable bonds is 6. The van der Waals surface area contributed by atoms with Crippen LogP contribution in [-0.4, -0.2) is 33.5 Å². The maximum atomic E-state index is 12.6. The zero-order chi connectivity index (χ0) is 17.7. The van der Waals surface area contributed by atoms with Crippen LogP contribution in [0, 0.1) is 0 Å². The second-order valence-corrected chi connectivity index (χ2v) is 8.22. The van der Waals surface area contributed by atoms with Gasteiger partial charge in [0.15, 0.2) is 9.84 Å². The quantitative estimate of drug-likeness (QED) is 0.789. The molecule has 5 nitrogen and oxygen atoms in total. The molecular weight excluding hydrogens is 372 g/mol. The third-order valence-corrected chi connectivity index (χ3v) is 6.06. The lowest BCUT2D eigenvalue weighted by Crippen LogP contribution is -2.37. The highest BCUT2D eigenvalue weighted by molar-refractivity contribution is 7.90. The predicted octanol–water partition coefficient (Wildman–Crippen LogP) is 2.56. The number of amides is 1. The molecule has 0 saturated carbocycles. The van der Waals surface area contributed by atoms with Gasteiger partial charge in [0, 0.05) is 18.2 Å². The molecular formula is C19H23ClN2O3S. The number of nitrogens with one attached hydrogen (secondary N) is 2. The molecule has 0 aliphatic carbocycles. The van der Waals surface area contributed by atoms with Crippen molar-refractivity contribution in [1.82, 2.24) is 10.6 Å². The Labute approximate surface area is 160 Å². The van der Waals surface area contributed by atoms with Crippen molar-refractivity contribution >= 4 is 28.2 Å². The van der Waals surface area contributed by atoms with Gasteiger partial charge in [0.2, 0.25) is 0 Å². The maximum Gasteiger partial charge on any atom is 0.251 e. The summed E-state index contributed by atoms with van der Waals surface area (Å²) in [7, 11) is -3.49. The van der Waals surface area contributed by atoms with Crippen LogP contribution in [0.2, 0.25) is 0 Å². The first-order chi connectivity index (χ1) is 12.1. The summed E-state index contributed by atoms with van der Waals surface area (Å²) >= 11 is 0. The predicted molar refractivity (Wildman–Crippen MR) is 104 cm³/mol. The van der Waals surface area contributed by atoms with Gasteiger partial charge in [0.05, 0.1) is 10.6 Å². The molecule has 0 spiro atoms. The Morgan fingerprint density at radius 2 is 1.77 bits per heavy atom. The van der Waals surface area contributed by atoms with Gasteiger partial charge in [-0.05, 0) is 43.1 Å². The minimum Gasteiger partial charge on any atom is -0.350 e. The van der Waals surface area contributed by atoms with Crippen LogP contribution in [0.5, 0.6) is 0 Å². The first-order valence-electron chi connectivity index (χ1n) is 8.43. The Kier molecular flexibility index (Phi) is 7.20. The smallest absolute Gasteiger partial charge is 0.251 e. The lowest BCUT2D eigenvalue weighted by Gasteiger charge is -2.14. The lowest BCUT2D eigenvalue weighted by molar-refractivity contribution is 0.0949. The topological polar surface area (TPSA) is 75.3 Å². The van der Waals surface area contributed by atoms with E-state index in [2.05, 4.69) is 10.6 Å². The number of benzene rings is 2. The molecule has 1 aliphatic heterocycles. The number of carbonyl (C=O) groups is 1. The summed E-state index contributed by atoms with van der Waals surface area (Å²) in [4.78, 5) is 12.8. The van der Waals surface area contributed by atoms with Gasteiger partial charge < -0.3 is 10.6 Å². The zero-order valence-electron chi connectivity index (χ0n) is 14.4. The third-order valence-electron chi connectivity index (χ3n) is 4.38. The van der Waals surface area contributed by atoms with Gasteiger partial charge in [-0.15, -0.1) is 12.4 Å². The number of hydrogen-bond acceptors (Lipinski definition) is 4. The Hall–Kier alpha value is -1.89. The second-order valence-electron chi connectivity index (χ2n) is 6.23. The molecule has 3 rings (SSSR count). The van der Waals surface area contributed by atoms with Crippen molar-refractivity contribution in [2.24, 2.45) is 0 Å². The minimum absolute atomic E-state index is 0. The fraction of sp³-hybridized carbons (Fsp3) is 0.316. The fourth-order valence-electron chi connectivity index (χ4n) is 3.03. The minimum atomic E-state index is -3.49. The van der Waals surface area contributed by atoms with Crippen LogP contribution in [-0.2, 0) is 15.6 Å². The van der Waals surface area contributed by atoms with Crippen LogP contribution in [0.4, 0.5) is 0 Å². The number of hydrogen-bond donors (Lipinski definition) is 2. The van der Waals surface area contributed by atoms with Crippen molar-refractivity contribution in [3.8, 4) is 0 Å². The summed E-state index contributed by atoms with van der Waals surface area (Å²) in [5.41, 5.74) is 0.934. The fourth-order valence-corrected chi connectivity index (χ4v) is 4.43. The summed E-state index contributed by atoms with van der Waals surface area (Å²) < 4.78 is 25.2. The Morgan fingerprint density at radius 1 is 1.08 bits per heavy atom. The molecule has 2 N–H and O–H groups in total. The monoisotopic (exact) mass is 394 g/mol. The van der Waals surface area contributed by atoms with E-state index in [9.17, 15) is 13.2 Å². The largest absolute Gasteiger partial charge is 0.350 e. The molecule has 140 valence electrons. The Morgan fingerprint density at radius 3 is 2.46 bits per heavy atom. The van der Waals surface area contributed by atoms with E-state index in [-0.39, 0.29) is 29.0 Å². The van der Waals surface area contributed by atoms with Crippen LogP contribution < -0.4 is 10.6 Å². The summed E-state index contributed by atoms with van der Waals surface area (Å²) in [6.07, 6.45) is 2.16. The van der Waals surface area contributed by atoms with Crippen molar-refractivity contribution in [3.05, 3.63) is 65.7 Å². The van der Waals surface area contributed by atoms with Crippen molar-refractivity contribution in [2.45, 2.75) is 29.5 Å². The van der Waals surface area contributed by atoms with Crippen molar-refractivity contribution in [2.75, 3.05) is 13.1 Å². The van der Waals surface area contributed by atoms with Gasteiger partial charge in [-0.1, -0.05) is 36.4 Å². The first-order valence-corrected chi connectivity index (χ1v) is 10.1. The van der Waals surface area contributed by atoms with Gasteiger partial charge in [-0.25, -0.2) is 8.42 Å². The summed E-state index contributed by atoms with van der Waals surface area (Å²) in [5, 5.41) is 6.24. The second kappa shape index (κ2) is 9.16. The molecule has 1 fully saturated rings. The average molecular weight is 395 g/mol. The molecule has 1 atom stereocenters. The Balaban J connectivity index is 0.00000243. The zero-order valence-corrected chi connectivity index (χ0v) is 16.0. The highest BCUT2D eigenvalue weighted by atomic mass is 35.5. The maximum absolute atomic E-state index is 12.6. The van der Waals surface area contributed by atoms with Crippen LogP contribution >= 0.6 is 12.4 Å². The molecule has 1 unspecified atom stereocenters. The summed E-state index contributed by atoms with van der Waals surface area (Å²) in [5.74, 6) is -0.421. The summed E-state index contributed by atoms with van der Waals surface area (Å²) in [6, 6.07) is 15.5. The molecule has 26 heavy (non-hydrogen) atoms. The van der Waals surface area contributed by atoms with E-state index < -0.39 is 9.84 Å². The molecule has 0 radical (unpaired) electrons. The van der Waals surface area contributed by atoms with E-state index in [1.807, 2.05) is 0 Å². The van der Waals surface area contributed by atoms with Crippen LogP contribution in [0.25, 0.3) is 0 Å². The van der Waals surface area contributed by atoms with Crippen LogP contribution in [0.3, 0.4) is 0 Å². The van der Waals surface area contributed by atoms with Gasteiger partial charge in [-0.3, -0.25) is 4.79 Å². The Bertz CT molecular complexity index is 835. The SMILES string of the molecule is Cl.O=C(NCC1CCCN1)c1ccccc1CS(=O)(=O)c1ccccc1. The van der Waals surface area contributed by atoms with Gasteiger partial charge >= 0.3 is 0 Å². The molecule has 0 bridgehead atoms. The third kappa shape index (κ3) is 5.06. The highest BCUT2D eigenvalue weighted by Crippen LogP contribution is 2.19. The normalized spacial score (nSPS) is 16.7. The van der Waals surface area contributed by atoms with Crippen molar-refractivity contribution in [3.63, 3.8) is 0 Å². The molecule has 1 amide bonds. The number of halogens is 1. The van der Waals surface area contributed by atoms with E-state index in [1.54, 1.807) is 54.6 Å². The van der Waals surface area contributed by atoms with Crippen LogP contribution in [0.15, 0.2) is 59.5 Å². The molecule has 0 aromatic heterocycles. The van der Waals surface area contributed by atoms with E-state index in [0.717, 1.165) is 19.4 Å². The molecule has 7 heteroatoms. The first kappa shape index (κ1) is 20.4. The van der Waals surface area contributed by atoms with Crippen LogP contribution in [0.1, 0.15) is 28.8 Å². The van der Waals surface area contributed by atoms with E-state index in [4.69, 9.17) is 0 Å². The van der Waals surface area contributed by atoms with E-state index in [0.29, 0.717) is 23.7 Å². The molecule has 2 aromatic carbocycles. The van der Waals surface area contributed by atoms with E-state index >= 15 is 0 Å². The van der Waals surface area contributed by atoms with Gasteiger partial charge in [-0.2, -0.15) is 0 Å². The molecule has 1 aliphatic rings. The molecule has 2 aromatic rings. The standard InChI is InChI=1S/C19H22N2O3S.ClH/c22-19(21-13-16-8-6-12-20-16)18-11-5-4-7-15(18)14-25(23,24)17-9-2-1-3-10-17;/h1-5,7,9-11,16,20H,6,8,12-14H2,(H,21,22);1H. The molecule has 1 saturated heterocycles. The highest BCUT2D eigenvalue weighted by Gasteiger charge is 2.20. The average Bonchev–Trinajstić information content (AvgIpc) is 3.14. The number of carbonyl (C=O) groups excluding carboxylic acids is 1. The summed E-state index contributed by atoms with van der Waals surface area (Å²) in [6.45, 7) is 1.53. The lowest BCUT2D eigenvalue weighted by atomic mass is 10.1. The van der Waals surface area contributed by atoms with Gasteiger partial charge in [0.1, 0.15) is 0 Å². The van der Waals surface area contributed by atoms with Gasteiger partial charge in [0.25, 0.3) is 5.91 Å². The van der Waals surface area contributed by atoms with Crippen molar-refractivity contribution < 1.29 is 13.2 Å². The number of sulfone groups is 1. The molecule has 1 heterocycles. The van der Waals surface area contributed by atoms with Crippen molar-refractivity contribution in [1.29, 1.82) is 0 Å². The van der Waals surface area contributed by atoms with E-state index in [1.165, 1.54) is 0 Å².